The number of hydrogen-bond donors (Lipinski definition) is 0. The van der Waals surface area contributed by atoms with E-state index in [0.29, 0.717) is 19.1 Å². The van der Waals surface area contributed by atoms with Crippen LogP contribution in [0.3, 0.4) is 0 Å². The fourth-order valence-corrected chi connectivity index (χ4v) is 3.57. The molecule has 1 amide bonds. The maximum atomic E-state index is 12.7. The summed E-state index contributed by atoms with van der Waals surface area (Å²) in [6.07, 6.45) is 1.82. The predicted octanol–water partition coefficient (Wildman–Crippen LogP) is 3.07. The Morgan fingerprint density at radius 3 is 2.71 bits per heavy atom. The molecule has 122 valence electrons. The molecule has 0 radical (unpaired) electrons. The van der Waals surface area contributed by atoms with Gasteiger partial charge >= 0.3 is 0 Å². The number of carbonyl (C=O) groups excluding carboxylic acids is 1. The second kappa shape index (κ2) is 6.11. The van der Waals surface area contributed by atoms with E-state index in [1.807, 2.05) is 36.4 Å². The molecule has 2 aliphatic heterocycles. The highest BCUT2D eigenvalue weighted by atomic mass is 16.2. The summed E-state index contributed by atoms with van der Waals surface area (Å²) >= 11 is 0. The van der Waals surface area contributed by atoms with Gasteiger partial charge in [0.05, 0.1) is 18.8 Å². The number of rotatable bonds is 3. The Hall–Kier alpha value is -2.62. The van der Waals surface area contributed by atoms with Crippen LogP contribution in [0.1, 0.15) is 24.5 Å². The first-order valence-corrected chi connectivity index (χ1v) is 8.50. The molecule has 2 aliphatic rings. The van der Waals surface area contributed by atoms with E-state index in [1.165, 1.54) is 11.3 Å². The lowest BCUT2D eigenvalue weighted by molar-refractivity contribution is -0.129. The summed E-state index contributed by atoms with van der Waals surface area (Å²) < 4.78 is 0. The van der Waals surface area contributed by atoms with Gasteiger partial charge in [0.1, 0.15) is 0 Å². The summed E-state index contributed by atoms with van der Waals surface area (Å²) in [5.74, 6) is 0.0736. The molecule has 0 fully saturated rings. The van der Waals surface area contributed by atoms with E-state index >= 15 is 0 Å². The first-order chi connectivity index (χ1) is 11.7. The second-order valence-corrected chi connectivity index (χ2v) is 6.49. The number of amides is 1. The minimum absolute atomic E-state index is 0.0736. The molecule has 0 saturated carbocycles. The molecular formula is C20H21N3O. The van der Waals surface area contributed by atoms with Gasteiger partial charge in [-0.25, -0.2) is 5.01 Å². The number of para-hydroxylation sites is 1. The lowest BCUT2D eigenvalue weighted by atomic mass is 10.1. The van der Waals surface area contributed by atoms with E-state index in [2.05, 4.69) is 35.1 Å². The Labute approximate surface area is 142 Å². The molecule has 0 aromatic heterocycles. The van der Waals surface area contributed by atoms with Crippen LogP contribution < -0.4 is 4.90 Å². The molecule has 0 N–H and O–H groups in total. The van der Waals surface area contributed by atoms with Crippen LogP contribution in [-0.2, 0) is 11.2 Å². The zero-order valence-corrected chi connectivity index (χ0v) is 13.9. The number of anilines is 1. The summed E-state index contributed by atoms with van der Waals surface area (Å²) in [4.78, 5) is 14.9. The summed E-state index contributed by atoms with van der Waals surface area (Å²) in [6.45, 7) is 3.24. The number of nitrogens with zero attached hydrogens (tertiary/aromatic N) is 3. The van der Waals surface area contributed by atoms with Crippen molar-refractivity contribution in [3.63, 3.8) is 0 Å². The minimum atomic E-state index is 0.0736. The average molecular weight is 319 g/mol. The van der Waals surface area contributed by atoms with Crippen LogP contribution in [0, 0.1) is 0 Å². The van der Waals surface area contributed by atoms with E-state index in [1.54, 1.807) is 5.01 Å². The third-order valence-corrected chi connectivity index (χ3v) is 4.85. The molecule has 4 nitrogen and oxygen atoms in total. The van der Waals surface area contributed by atoms with Crippen LogP contribution in [0.15, 0.2) is 59.7 Å². The van der Waals surface area contributed by atoms with Crippen molar-refractivity contribution in [3.05, 3.63) is 65.7 Å². The van der Waals surface area contributed by atoms with E-state index in [0.717, 1.165) is 24.1 Å². The number of hydrazone groups is 1. The van der Waals surface area contributed by atoms with Gasteiger partial charge in [-0.05, 0) is 30.5 Å². The maximum Gasteiger partial charge on any atom is 0.262 e. The summed E-state index contributed by atoms with van der Waals surface area (Å²) in [5.41, 5.74) is 4.61. The van der Waals surface area contributed by atoms with Gasteiger partial charge in [0.25, 0.3) is 5.91 Å². The van der Waals surface area contributed by atoms with Crippen molar-refractivity contribution in [2.24, 2.45) is 5.10 Å². The van der Waals surface area contributed by atoms with Crippen LogP contribution in [0.4, 0.5) is 5.69 Å². The highest BCUT2D eigenvalue weighted by Crippen LogP contribution is 2.31. The van der Waals surface area contributed by atoms with E-state index in [-0.39, 0.29) is 5.91 Å². The summed E-state index contributed by atoms with van der Waals surface area (Å²) in [6, 6.07) is 18.8. The van der Waals surface area contributed by atoms with E-state index in [9.17, 15) is 4.79 Å². The van der Waals surface area contributed by atoms with Gasteiger partial charge in [-0.15, -0.1) is 0 Å². The monoisotopic (exact) mass is 319 g/mol. The molecule has 0 aliphatic carbocycles. The minimum Gasteiger partial charge on any atom is -0.359 e. The Morgan fingerprint density at radius 2 is 1.88 bits per heavy atom. The normalized spacial score (nSPS) is 19.4. The standard InChI is InChI=1S/C20H21N3O/c1-15-13-17-9-5-6-10-19(17)22(15)14-20(24)23-12-11-18(21-23)16-7-3-2-4-8-16/h2-10,15H,11-14H2,1H3. The molecule has 1 atom stereocenters. The first-order valence-electron chi connectivity index (χ1n) is 8.50. The molecule has 4 rings (SSSR count). The topological polar surface area (TPSA) is 35.9 Å². The number of hydrogen-bond acceptors (Lipinski definition) is 3. The molecular weight excluding hydrogens is 298 g/mol. The van der Waals surface area contributed by atoms with Crippen molar-refractivity contribution in [1.29, 1.82) is 0 Å². The smallest absolute Gasteiger partial charge is 0.262 e. The van der Waals surface area contributed by atoms with Crippen LogP contribution in [0.5, 0.6) is 0 Å². The van der Waals surface area contributed by atoms with Gasteiger partial charge in [-0.3, -0.25) is 4.79 Å². The summed E-state index contributed by atoms with van der Waals surface area (Å²) in [7, 11) is 0. The van der Waals surface area contributed by atoms with Crippen LogP contribution in [0.2, 0.25) is 0 Å². The van der Waals surface area contributed by atoms with Gasteiger partial charge in [0.15, 0.2) is 0 Å². The van der Waals surface area contributed by atoms with E-state index < -0.39 is 0 Å². The van der Waals surface area contributed by atoms with Gasteiger partial charge in [-0.1, -0.05) is 48.5 Å². The van der Waals surface area contributed by atoms with Crippen molar-refractivity contribution in [2.45, 2.75) is 25.8 Å². The quantitative estimate of drug-likeness (QED) is 0.871. The van der Waals surface area contributed by atoms with Crippen molar-refractivity contribution in [2.75, 3.05) is 18.0 Å². The molecule has 2 aromatic rings. The van der Waals surface area contributed by atoms with Crippen molar-refractivity contribution in [1.82, 2.24) is 5.01 Å². The van der Waals surface area contributed by atoms with Gasteiger partial charge in [-0.2, -0.15) is 5.10 Å². The Balaban J connectivity index is 1.49. The second-order valence-electron chi connectivity index (χ2n) is 6.49. The third kappa shape index (κ3) is 2.68. The lowest BCUT2D eigenvalue weighted by Gasteiger charge is -2.25. The highest BCUT2D eigenvalue weighted by Gasteiger charge is 2.30. The third-order valence-electron chi connectivity index (χ3n) is 4.85. The number of benzene rings is 2. The van der Waals surface area contributed by atoms with Gasteiger partial charge in [0, 0.05) is 18.2 Å². The zero-order chi connectivity index (χ0) is 16.5. The fraction of sp³-hybridized carbons (Fsp3) is 0.300. The van der Waals surface area contributed by atoms with Crippen LogP contribution in [-0.4, -0.2) is 35.8 Å². The largest absolute Gasteiger partial charge is 0.359 e. The molecule has 4 heteroatoms. The first kappa shape index (κ1) is 14.9. The Bertz CT molecular complexity index is 784. The highest BCUT2D eigenvalue weighted by molar-refractivity contribution is 6.02. The maximum absolute atomic E-state index is 12.7. The van der Waals surface area contributed by atoms with Crippen LogP contribution >= 0.6 is 0 Å². The average Bonchev–Trinajstić information content (AvgIpc) is 3.21. The predicted molar refractivity (Wildman–Crippen MR) is 96.3 cm³/mol. The number of fused-ring (bicyclic) bond motifs is 1. The van der Waals surface area contributed by atoms with Gasteiger partial charge in [0.2, 0.25) is 0 Å². The van der Waals surface area contributed by atoms with Crippen molar-refractivity contribution >= 4 is 17.3 Å². The zero-order valence-electron chi connectivity index (χ0n) is 13.9. The Morgan fingerprint density at radius 1 is 1.12 bits per heavy atom. The van der Waals surface area contributed by atoms with Crippen molar-refractivity contribution < 1.29 is 4.79 Å². The molecule has 2 heterocycles. The molecule has 2 aromatic carbocycles. The molecule has 24 heavy (non-hydrogen) atoms. The molecule has 0 bridgehead atoms. The Kier molecular flexibility index (Phi) is 3.81. The molecule has 0 spiro atoms. The fourth-order valence-electron chi connectivity index (χ4n) is 3.57. The lowest BCUT2D eigenvalue weighted by Crippen LogP contribution is -2.40. The summed E-state index contributed by atoms with van der Waals surface area (Å²) in [5, 5.41) is 6.19. The van der Waals surface area contributed by atoms with E-state index in [4.69, 9.17) is 0 Å². The SMILES string of the molecule is CC1Cc2ccccc2N1CC(=O)N1CCC(c2ccccc2)=N1. The van der Waals surface area contributed by atoms with Crippen molar-refractivity contribution in [3.8, 4) is 0 Å². The molecule has 0 saturated heterocycles. The van der Waals surface area contributed by atoms with Gasteiger partial charge < -0.3 is 4.90 Å². The molecule has 1 unspecified atom stereocenters. The van der Waals surface area contributed by atoms with Crippen LogP contribution in [0.25, 0.3) is 0 Å². The number of carbonyl (C=O) groups is 1.